The molecule has 1 aliphatic heterocycles. The number of anilines is 1. The number of nitrogens with one attached hydrogen (secondary N) is 2. The third-order valence-corrected chi connectivity index (χ3v) is 8.08. The fourth-order valence-electron chi connectivity index (χ4n) is 5.99. The van der Waals surface area contributed by atoms with Crippen LogP contribution in [0.15, 0.2) is 83.2 Å². The van der Waals surface area contributed by atoms with Gasteiger partial charge in [0.05, 0.1) is 27.9 Å². The fraction of sp³-hybridized carbons (Fsp3) is 0.314. The molecule has 8 nitrogen and oxygen atoms in total. The molecular weight excluding hydrogens is 544 g/mol. The van der Waals surface area contributed by atoms with Crippen molar-refractivity contribution >= 4 is 17.4 Å². The van der Waals surface area contributed by atoms with E-state index in [9.17, 15) is 9.59 Å². The number of carbonyl (C=O) groups excluding carboxylic acids is 2. The van der Waals surface area contributed by atoms with Crippen LogP contribution in [-0.4, -0.2) is 39.6 Å². The molecule has 5 rings (SSSR count). The first-order valence-electron chi connectivity index (χ1n) is 14.4. The minimum atomic E-state index is -0.592. The highest BCUT2D eigenvalue weighted by Gasteiger charge is 2.41. The van der Waals surface area contributed by atoms with Crippen LogP contribution in [0.3, 0.4) is 0 Å². The van der Waals surface area contributed by atoms with Crippen LogP contribution in [0.25, 0.3) is 0 Å². The number of ketones is 1. The topological polar surface area (TPSA) is 95.1 Å². The number of methoxy groups -OCH3 is 3. The van der Waals surface area contributed by atoms with Crippen LogP contribution in [0.5, 0.6) is 23.0 Å². The summed E-state index contributed by atoms with van der Waals surface area (Å²) in [6.07, 6.45) is 0.901. The quantitative estimate of drug-likeness (QED) is 0.301. The Kier molecular flexibility index (Phi) is 8.76. The number of allylic oxidation sites excluding steroid dienone is 3. The number of ether oxygens (including phenoxy) is 4. The van der Waals surface area contributed by atoms with Crippen molar-refractivity contribution in [2.45, 2.75) is 45.4 Å². The lowest BCUT2D eigenvalue weighted by atomic mass is 9.71. The smallest absolute Gasteiger partial charge is 0.254 e. The van der Waals surface area contributed by atoms with Crippen LogP contribution >= 0.6 is 0 Å². The van der Waals surface area contributed by atoms with E-state index in [-0.39, 0.29) is 17.6 Å². The minimum Gasteiger partial charge on any atom is -0.493 e. The van der Waals surface area contributed by atoms with Crippen molar-refractivity contribution in [2.24, 2.45) is 0 Å². The van der Waals surface area contributed by atoms with Crippen LogP contribution in [0.4, 0.5) is 5.69 Å². The molecule has 0 bridgehead atoms. The van der Waals surface area contributed by atoms with Crippen LogP contribution in [0.2, 0.25) is 0 Å². The summed E-state index contributed by atoms with van der Waals surface area (Å²) in [7, 11) is 4.78. The largest absolute Gasteiger partial charge is 0.493 e. The van der Waals surface area contributed by atoms with Crippen molar-refractivity contribution in [1.82, 2.24) is 5.32 Å². The van der Waals surface area contributed by atoms with Gasteiger partial charge in [-0.25, -0.2) is 0 Å². The number of dihydropyridines is 1. The van der Waals surface area contributed by atoms with E-state index in [0.29, 0.717) is 65.0 Å². The maximum atomic E-state index is 14.1. The maximum Gasteiger partial charge on any atom is 0.254 e. The molecule has 224 valence electrons. The zero-order chi connectivity index (χ0) is 30.7. The van der Waals surface area contributed by atoms with Gasteiger partial charge in [0.2, 0.25) is 0 Å². The summed E-state index contributed by atoms with van der Waals surface area (Å²) in [4.78, 5) is 28.0. The number of Topliss-reactive ketones (excluding diaryl/α,β-unsaturated/α-hetero) is 1. The number of aryl methyl sites for hydroxylation is 1. The Morgan fingerprint density at radius 3 is 2.14 bits per heavy atom. The summed E-state index contributed by atoms with van der Waals surface area (Å²) in [5.41, 5.74) is 6.15. The third kappa shape index (κ3) is 5.95. The summed E-state index contributed by atoms with van der Waals surface area (Å²) >= 11 is 0. The molecule has 0 saturated heterocycles. The molecule has 0 aromatic heterocycles. The molecule has 1 aliphatic carbocycles. The van der Waals surface area contributed by atoms with Gasteiger partial charge in [-0.1, -0.05) is 29.8 Å². The van der Waals surface area contributed by atoms with Crippen molar-refractivity contribution in [2.75, 3.05) is 33.3 Å². The van der Waals surface area contributed by atoms with Crippen molar-refractivity contribution in [3.05, 3.63) is 99.9 Å². The molecule has 2 aliphatic rings. The second-order valence-corrected chi connectivity index (χ2v) is 10.8. The Balaban J connectivity index is 1.58. The number of hydrogen-bond acceptors (Lipinski definition) is 7. The third-order valence-electron chi connectivity index (χ3n) is 8.08. The average Bonchev–Trinajstić information content (AvgIpc) is 3.01. The van der Waals surface area contributed by atoms with Gasteiger partial charge < -0.3 is 29.6 Å². The monoisotopic (exact) mass is 582 g/mol. The van der Waals surface area contributed by atoms with E-state index < -0.39 is 5.92 Å². The zero-order valence-corrected chi connectivity index (χ0v) is 25.5. The van der Waals surface area contributed by atoms with Gasteiger partial charge in [0.1, 0.15) is 0 Å². The Hall–Kier alpha value is -4.72. The number of hydrogen-bond donors (Lipinski definition) is 2. The van der Waals surface area contributed by atoms with Crippen LogP contribution in [-0.2, 0) is 9.59 Å². The van der Waals surface area contributed by atoms with E-state index in [1.54, 1.807) is 21.3 Å². The zero-order valence-electron chi connectivity index (χ0n) is 25.5. The summed E-state index contributed by atoms with van der Waals surface area (Å²) in [6, 6.07) is 19.0. The Morgan fingerprint density at radius 1 is 0.837 bits per heavy atom. The molecule has 0 radical (unpaired) electrons. The van der Waals surface area contributed by atoms with Crippen molar-refractivity contribution in [3.8, 4) is 23.0 Å². The lowest BCUT2D eigenvalue weighted by molar-refractivity contribution is -0.116. The van der Waals surface area contributed by atoms with E-state index in [1.807, 2.05) is 81.4 Å². The average molecular weight is 583 g/mol. The second kappa shape index (κ2) is 12.7. The summed E-state index contributed by atoms with van der Waals surface area (Å²) in [6.45, 7) is 6.28. The molecule has 3 aromatic rings. The van der Waals surface area contributed by atoms with Gasteiger partial charge in [-0.2, -0.15) is 0 Å². The molecular formula is C35H38N2O6. The predicted molar refractivity (Wildman–Crippen MR) is 166 cm³/mol. The number of amides is 1. The molecule has 0 spiro atoms. The van der Waals surface area contributed by atoms with Crippen LogP contribution in [0, 0.1) is 6.92 Å². The van der Waals surface area contributed by atoms with E-state index in [0.717, 1.165) is 22.4 Å². The van der Waals surface area contributed by atoms with Crippen LogP contribution in [0.1, 0.15) is 55.2 Å². The van der Waals surface area contributed by atoms with Gasteiger partial charge in [0, 0.05) is 40.6 Å². The Bertz CT molecular complexity index is 1610. The van der Waals surface area contributed by atoms with Crippen molar-refractivity contribution < 1.29 is 28.5 Å². The highest BCUT2D eigenvalue weighted by Crippen LogP contribution is 2.47. The molecule has 8 heteroatoms. The van der Waals surface area contributed by atoms with Gasteiger partial charge >= 0.3 is 0 Å². The Labute approximate surface area is 252 Å². The molecule has 0 unspecified atom stereocenters. The van der Waals surface area contributed by atoms with Gasteiger partial charge in [-0.05, 0) is 80.6 Å². The molecule has 3 aromatic carbocycles. The SMILES string of the molecule is CCOc1ccc([C@H]2C(C(=O)Nc3ccc(C)cc3)=C(C)NC3=C2C(=O)C[C@H](c2ccc(OC)c(OC)c2)C3)cc1OC. The molecule has 0 saturated carbocycles. The second-order valence-electron chi connectivity index (χ2n) is 10.8. The van der Waals surface area contributed by atoms with Crippen molar-refractivity contribution in [3.63, 3.8) is 0 Å². The number of carbonyl (C=O) groups is 2. The lowest BCUT2D eigenvalue weighted by Gasteiger charge is -2.37. The Morgan fingerprint density at radius 2 is 1.47 bits per heavy atom. The lowest BCUT2D eigenvalue weighted by Crippen LogP contribution is -2.37. The minimum absolute atomic E-state index is 0.0143. The maximum absolute atomic E-state index is 14.1. The van der Waals surface area contributed by atoms with E-state index in [2.05, 4.69) is 10.6 Å². The summed E-state index contributed by atoms with van der Waals surface area (Å²) in [5, 5.41) is 6.50. The van der Waals surface area contributed by atoms with Gasteiger partial charge in [-0.3, -0.25) is 9.59 Å². The molecule has 2 N–H and O–H groups in total. The summed E-state index contributed by atoms with van der Waals surface area (Å²) < 4.78 is 22.3. The van der Waals surface area contributed by atoms with E-state index in [1.165, 1.54) is 0 Å². The number of rotatable bonds is 9. The highest BCUT2D eigenvalue weighted by atomic mass is 16.5. The van der Waals surface area contributed by atoms with Crippen molar-refractivity contribution in [1.29, 1.82) is 0 Å². The molecule has 1 heterocycles. The molecule has 43 heavy (non-hydrogen) atoms. The molecule has 2 atom stereocenters. The first-order chi connectivity index (χ1) is 20.8. The van der Waals surface area contributed by atoms with E-state index in [4.69, 9.17) is 18.9 Å². The first kappa shape index (κ1) is 29.8. The van der Waals surface area contributed by atoms with Gasteiger partial charge in [0.25, 0.3) is 5.91 Å². The molecule has 1 amide bonds. The predicted octanol–water partition coefficient (Wildman–Crippen LogP) is 6.42. The molecule has 0 fully saturated rings. The summed E-state index contributed by atoms with van der Waals surface area (Å²) in [5.74, 6) is 1.46. The van der Waals surface area contributed by atoms with Gasteiger partial charge in [0.15, 0.2) is 28.8 Å². The number of benzene rings is 3. The first-order valence-corrected chi connectivity index (χ1v) is 14.4. The normalized spacial score (nSPS) is 18.0. The standard InChI is InChI=1S/C35H38N2O6/c1-7-43-29-15-11-23(19-31(29)42-6)33-32(35(39)37-25-12-8-20(2)9-13-25)21(3)36-26-16-24(17-27(38)34(26)33)22-10-14-28(40-4)30(18-22)41-5/h8-15,18-19,24,33,36H,7,16-17H2,1-6H3,(H,37,39)/t24-,33+/m1/s1. The van der Waals surface area contributed by atoms with E-state index >= 15 is 0 Å². The van der Waals surface area contributed by atoms with Crippen LogP contribution < -0.4 is 29.6 Å². The highest BCUT2D eigenvalue weighted by molar-refractivity contribution is 6.10. The fourth-order valence-corrected chi connectivity index (χ4v) is 5.99. The van der Waals surface area contributed by atoms with Gasteiger partial charge in [-0.15, -0.1) is 0 Å².